The molecule has 2 fully saturated rings. The molecule has 184 valence electrons. The Morgan fingerprint density at radius 2 is 1.77 bits per heavy atom. The van der Waals surface area contributed by atoms with Crippen molar-refractivity contribution in [2.24, 2.45) is 5.92 Å². The van der Waals surface area contributed by atoms with E-state index in [9.17, 15) is 9.90 Å². The molecule has 9 heteroatoms. The fraction of sp³-hybridized carbons (Fsp3) is 0.538. The van der Waals surface area contributed by atoms with Crippen molar-refractivity contribution in [2.45, 2.75) is 38.5 Å². The van der Waals surface area contributed by atoms with Gasteiger partial charge in [0.15, 0.2) is 0 Å². The second-order valence-corrected chi connectivity index (χ2v) is 9.81. The monoisotopic (exact) mass is 475 g/mol. The minimum atomic E-state index is -0.576. The summed E-state index contributed by atoms with van der Waals surface area (Å²) < 4.78 is 0. The molecule has 9 nitrogen and oxygen atoms in total. The van der Waals surface area contributed by atoms with Crippen molar-refractivity contribution < 1.29 is 9.90 Å². The molecule has 3 aliphatic rings. The molecule has 2 aromatic rings. The van der Waals surface area contributed by atoms with Crippen LogP contribution in [0.3, 0.4) is 0 Å². The number of aromatic nitrogens is 2. The topological polar surface area (TPSA) is 99.8 Å². The first kappa shape index (κ1) is 23.5. The highest BCUT2D eigenvalue weighted by Gasteiger charge is 2.31. The second kappa shape index (κ2) is 10.6. The molecular formula is C26H33N7O2. The third-order valence-corrected chi connectivity index (χ3v) is 7.34. The maximum atomic E-state index is 12.9. The van der Waals surface area contributed by atoms with Crippen molar-refractivity contribution in [3.8, 4) is 6.07 Å². The van der Waals surface area contributed by atoms with Gasteiger partial charge in [0.2, 0.25) is 0 Å². The first-order valence-corrected chi connectivity index (χ1v) is 12.6. The molecule has 0 aliphatic carbocycles. The minimum absolute atomic E-state index is 0.0579. The summed E-state index contributed by atoms with van der Waals surface area (Å²) in [7, 11) is 0. The SMILES string of the molecule is N#CC1CCN(c2cnc(CN3CCN(C[C@H](O)CN4CCc5ccccc5C4)C3=O)cn2)CC1. The number of aliphatic hydroxyl groups is 1. The molecule has 1 aromatic carbocycles. The number of piperidine rings is 1. The standard InChI is InChI=1S/C26H33N7O2/c27-13-20-5-9-31(10-6-20)25-15-28-23(14-29-25)17-32-11-12-33(26(32)35)19-24(34)18-30-8-7-21-3-1-2-4-22(21)16-30/h1-4,14-15,20,24,34H,5-12,16-19H2/t24-/m1/s1. The maximum Gasteiger partial charge on any atom is 0.320 e. The van der Waals surface area contributed by atoms with Crippen molar-refractivity contribution in [3.05, 3.63) is 53.5 Å². The van der Waals surface area contributed by atoms with E-state index in [1.807, 2.05) is 0 Å². The normalized spacial score (nSPS) is 20.1. The van der Waals surface area contributed by atoms with Crippen LogP contribution >= 0.6 is 0 Å². The molecule has 1 aromatic heterocycles. The van der Waals surface area contributed by atoms with Crippen LogP contribution in [0.5, 0.6) is 0 Å². The van der Waals surface area contributed by atoms with Crippen LogP contribution in [0.25, 0.3) is 0 Å². The van der Waals surface area contributed by atoms with Gasteiger partial charge in [-0.2, -0.15) is 5.26 Å². The van der Waals surface area contributed by atoms with E-state index < -0.39 is 6.10 Å². The molecule has 0 saturated carbocycles. The first-order chi connectivity index (χ1) is 17.1. The Balaban J connectivity index is 1.09. The number of rotatable bonds is 7. The van der Waals surface area contributed by atoms with Gasteiger partial charge in [0, 0.05) is 58.3 Å². The summed E-state index contributed by atoms with van der Waals surface area (Å²) in [5, 5.41) is 19.8. The third-order valence-electron chi connectivity index (χ3n) is 7.34. The van der Waals surface area contributed by atoms with E-state index in [1.54, 1.807) is 22.2 Å². The smallest absolute Gasteiger partial charge is 0.320 e. The van der Waals surface area contributed by atoms with Gasteiger partial charge in [-0.05, 0) is 30.4 Å². The van der Waals surface area contributed by atoms with Crippen molar-refractivity contribution >= 4 is 11.8 Å². The molecule has 1 atom stereocenters. The molecule has 35 heavy (non-hydrogen) atoms. The average molecular weight is 476 g/mol. The van der Waals surface area contributed by atoms with Crippen LogP contribution in [0.1, 0.15) is 29.7 Å². The molecule has 2 amide bonds. The summed E-state index contributed by atoms with van der Waals surface area (Å²) in [6.45, 7) is 5.96. The van der Waals surface area contributed by atoms with E-state index >= 15 is 0 Å². The molecular weight excluding hydrogens is 442 g/mol. The van der Waals surface area contributed by atoms with Crippen LogP contribution in [0.2, 0.25) is 0 Å². The first-order valence-electron chi connectivity index (χ1n) is 12.6. The summed E-state index contributed by atoms with van der Waals surface area (Å²) >= 11 is 0. The summed E-state index contributed by atoms with van der Waals surface area (Å²) in [6, 6.07) is 10.8. The van der Waals surface area contributed by atoms with E-state index in [0.717, 1.165) is 57.0 Å². The number of urea groups is 1. The van der Waals surface area contributed by atoms with Crippen LogP contribution in [-0.2, 0) is 19.5 Å². The van der Waals surface area contributed by atoms with Gasteiger partial charge in [0.25, 0.3) is 0 Å². The van der Waals surface area contributed by atoms with Crippen LogP contribution in [0, 0.1) is 17.2 Å². The highest BCUT2D eigenvalue weighted by Crippen LogP contribution is 2.22. The average Bonchev–Trinajstić information content (AvgIpc) is 3.23. The summed E-state index contributed by atoms with van der Waals surface area (Å²) in [5.74, 6) is 0.959. The number of carbonyl (C=O) groups excluding carboxylic acids is 1. The number of amides is 2. The van der Waals surface area contributed by atoms with Gasteiger partial charge in [-0.3, -0.25) is 9.88 Å². The van der Waals surface area contributed by atoms with Crippen LogP contribution in [0.4, 0.5) is 10.6 Å². The summed E-state index contributed by atoms with van der Waals surface area (Å²) in [6.07, 6.45) is 5.64. The minimum Gasteiger partial charge on any atom is -0.390 e. The fourth-order valence-corrected chi connectivity index (χ4v) is 5.30. The lowest BCUT2D eigenvalue weighted by Crippen LogP contribution is -2.43. The van der Waals surface area contributed by atoms with Gasteiger partial charge in [0.1, 0.15) is 5.82 Å². The molecule has 5 rings (SSSR count). The number of β-amino-alcohol motifs (C(OH)–C–C–N with tert-alkyl or cyclic N) is 1. The van der Waals surface area contributed by atoms with Gasteiger partial charge >= 0.3 is 6.03 Å². The molecule has 0 bridgehead atoms. The van der Waals surface area contributed by atoms with E-state index in [-0.39, 0.29) is 11.9 Å². The van der Waals surface area contributed by atoms with E-state index in [0.29, 0.717) is 32.7 Å². The fourth-order valence-electron chi connectivity index (χ4n) is 5.30. The summed E-state index contributed by atoms with van der Waals surface area (Å²) in [4.78, 5) is 29.9. The van der Waals surface area contributed by atoms with E-state index in [4.69, 9.17) is 5.26 Å². The van der Waals surface area contributed by atoms with Gasteiger partial charge < -0.3 is 19.8 Å². The predicted octanol–water partition coefficient (Wildman–Crippen LogP) is 1.87. The highest BCUT2D eigenvalue weighted by atomic mass is 16.3. The number of nitriles is 1. The Morgan fingerprint density at radius 1 is 1.00 bits per heavy atom. The molecule has 0 spiro atoms. The summed E-state index contributed by atoms with van der Waals surface area (Å²) in [5.41, 5.74) is 3.47. The molecule has 2 saturated heterocycles. The Hall–Kier alpha value is -3.22. The van der Waals surface area contributed by atoms with Crippen LogP contribution in [0.15, 0.2) is 36.7 Å². The lowest BCUT2D eigenvalue weighted by Gasteiger charge is -2.31. The number of hydrogen-bond donors (Lipinski definition) is 1. The van der Waals surface area contributed by atoms with Crippen LogP contribution < -0.4 is 4.90 Å². The zero-order valence-corrected chi connectivity index (χ0v) is 20.1. The van der Waals surface area contributed by atoms with Gasteiger partial charge in [0.05, 0.1) is 36.8 Å². The quantitative estimate of drug-likeness (QED) is 0.653. The number of nitrogens with zero attached hydrogens (tertiary/aromatic N) is 7. The highest BCUT2D eigenvalue weighted by molar-refractivity contribution is 5.76. The van der Waals surface area contributed by atoms with Crippen LogP contribution in [-0.4, -0.2) is 87.7 Å². The predicted molar refractivity (Wildman–Crippen MR) is 131 cm³/mol. The number of benzene rings is 1. The van der Waals surface area contributed by atoms with Gasteiger partial charge in [-0.1, -0.05) is 24.3 Å². The number of fused-ring (bicyclic) bond motifs is 1. The van der Waals surface area contributed by atoms with Crippen molar-refractivity contribution in [1.82, 2.24) is 24.7 Å². The zero-order chi connectivity index (χ0) is 24.2. The Morgan fingerprint density at radius 3 is 2.51 bits per heavy atom. The Bertz CT molecular complexity index is 1060. The van der Waals surface area contributed by atoms with E-state index in [1.165, 1.54) is 11.1 Å². The maximum absolute atomic E-state index is 12.9. The largest absolute Gasteiger partial charge is 0.390 e. The van der Waals surface area contributed by atoms with Gasteiger partial charge in [-0.15, -0.1) is 0 Å². The third kappa shape index (κ3) is 5.55. The molecule has 4 heterocycles. The number of carbonyl (C=O) groups is 1. The molecule has 0 unspecified atom stereocenters. The van der Waals surface area contributed by atoms with E-state index in [2.05, 4.69) is 50.1 Å². The Labute approximate surface area is 206 Å². The number of anilines is 1. The molecule has 3 aliphatic heterocycles. The number of aliphatic hydroxyl groups excluding tert-OH is 1. The second-order valence-electron chi connectivity index (χ2n) is 9.81. The lowest BCUT2D eigenvalue weighted by molar-refractivity contribution is 0.0811. The lowest BCUT2D eigenvalue weighted by atomic mass is 9.99. The Kier molecular flexibility index (Phi) is 7.11. The molecule has 1 N–H and O–H groups in total. The van der Waals surface area contributed by atoms with Crippen molar-refractivity contribution in [3.63, 3.8) is 0 Å². The zero-order valence-electron chi connectivity index (χ0n) is 20.1. The van der Waals surface area contributed by atoms with Gasteiger partial charge in [-0.25, -0.2) is 9.78 Å². The van der Waals surface area contributed by atoms with Crippen molar-refractivity contribution in [1.29, 1.82) is 5.26 Å². The molecule has 0 radical (unpaired) electrons. The van der Waals surface area contributed by atoms with Crippen molar-refractivity contribution in [2.75, 3.05) is 50.7 Å². The number of hydrogen-bond acceptors (Lipinski definition) is 7.